The van der Waals surface area contributed by atoms with Crippen LogP contribution in [0.25, 0.3) is 21.9 Å². The van der Waals surface area contributed by atoms with Crippen LogP contribution >= 0.6 is 0 Å². The molecule has 0 saturated carbocycles. The van der Waals surface area contributed by atoms with Gasteiger partial charge in [0.1, 0.15) is 16.9 Å². The van der Waals surface area contributed by atoms with Gasteiger partial charge in [-0.2, -0.15) is 0 Å². The van der Waals surface area contributed by atoms with Crippen LogP contribution in [0.2, 0.25) is 0 Å². The molecule has 0 atom stereocenters. The van der Waals surface area contributed by atoms with Crippen LogP contribution in [-0.4, -0.2) is 0 Å². The molecule has 2 aromatic carbocycles. The lowest BCUT2D eigenvalue weighted by atomic mass is 10.1. The molecule has 0 amide bonds. The molecule has 4 rings (SSSR count). The van der Waals surface area contributed by atoms with Gasteiger partial charge >= 0.3 is 11.3 Å². The summed E-state index contributed by atoms with van der Waals surface area (Å²) in [5.41, 5.74) is 0.450. The Bertz CT molecular complexity index is 1170. The molecule has 0 aliphatic heterocycles. The monoisotopic (exact) mass is 320 g/mol. The second-order valence-corrected chi connectivity index (χ2v) is 5.42. The van der Waals surface area contributed by atoms with Gasteiger partial charge in [0.15, 0.2) is 0 Å². The van der Waals surface area contributed by atoms with E-state index in [0.717, 1.165) is 10.9 Å². The molecule has 0 spiro atoms. The number of para-hydroxylation sites is 1. The second kappa shape index (κ2) is 5.38. The molecule has 5 heteroatoms. The van der Waals surface area contributed by atoms with Crippen molar-refractivity contribution in [2.45, 2.75) is 6.92 Å². The summed E-state index contributed by atoms with van der Waals surface area (Å²) in [5.74, 6) is 0.548. The van der Waals surface area contributed by atoms with Gasteiger partial charge in [-0.3, -0.25) is 0 Å². The van der Waals surface area contributed by atoms with Gasteiger partial charge in [0.2, 0.25) is 5.75 Å². The molecule has 0 bridgehead atoms. The van der Waals surface area contributed by atoms with Gasteiger partial charge in [-0.25, -0.2) is 9.59 Å². The number of benzene rings is 2. The van der Waals surface area contributed by atoms with Gasteiger partial charge in [-0.05, 0) is 36.8 Å². The summed E-state index contributed by atoms with van der Waals surface area (Å²) >= 11 is 0. The van der Waals surface area contributed by atoms with Crippen molar-refractivity contribution < 1.29 is 13.6 Å². The fourth-order valence-electron chi connectivity index (χ4n) is 2.64. The molecule has 0 N–H and O–H groups in total. The zero-order valence-electron chi connectivity index (χ0n) is 12.7. The van der Waals surface area contributed by atoms with E-state index in [-0.39, 0.29) is 5.75 Å². The maximum Gasteiger partial charge on any atom is 0.379 e. The fourth-order valence-corrected chi connectivity index (χ4v) is 2.64. The highest BCUT2D eigenvalue weighted by Gasteiger charge is 2.13. The van der Waals surface area contributed by atoms with Crippen LogP contribution in [0, 0.1) is 6.92 Å². The van der Waals surface area contributed by atoms with Crippen LogP contribution in [0.15, 0.2) is 73.0 Å². The van der Waals surface area contributed by atoms with Crippen LogP contribution in [0.5, 0.6) is 11.5 Å². The molecule has 118 valence electrons. The van der Waals surface area contributed by atoms with E-state index in [9.17, 15) is 9.59 Å². The maximum atomic E-state index is 12.1. The van der Waals surface area contributed by atoms with Crippen LogP contribution in [0.4, 0.5) is 0 Å². The molecule has 2 aromatic heterocycles. The summed E-state index contributed by atoms with van der Waals surface area (Å²) in [6.45, 7) is 1.82. The van der Waals surface area contributed by atoms with E-state index >= 15 is 0 Å². The molecule has 0 unspecified atom stereocenters. The van der Waals surface area contributed by atoms with E-state index in [2.05, 4.69) is 0 Å². The average molecular weight is 320 g/mol. The van der Waals surface area contributed by atoms with E-state index < -0.39 is 11.3 Å². The molecule has 24 heavy (non-hydrogen) atoms. The Labute approximate surface area is 135 Å². The summed E-state index contributed by atoms with van der Waals surface area (Å²) in [6, 6.07) is 15.3. The first kappa shape index (κ1) is 14.3. The highest BCUT2D eigenvalue weighted by molar-refractivity contribution is 6.03. The number of fused-ring (bicyclic) bond motifs is 3. The molecule has 0 aliphatic rings. The van der Waals surface area contributed by atoms with E-state index in [4.69, 9.17) is 13.6 Å². The van der Waals surface area contributed by atoms with E-state index in [1.165, 1.54) is 6.07 Å². The molecular formula is C19H12O5. The van der Waals surface area contributed by atoms with Crippen molar-refractivity contribution in [3.8, 4) is 11.5 Å². The predicted octanol–water partition coefficient (Wildman–Crippen LogP) is 4.00. The van der Waals surface area contributed by atoms with Crippen molar-refractivity contribution in [1.29, 1.82) is 0 Å². The number of rotatable bonds is 2. The third-order valence-electron chi connectivity index (χ3n) is 3.77. The Hall–Kier alpha value is -3.34. The number of aryl methyl sites for hydroxylation is 1. The van der Waals surface area contributed by atoms with Gasteiger partial charge in [0, 0.05) is 17.5 Å². The van der Waals surface area contributed by atoms with Gasteiger partial charge < -0.3 is 13.6 Å². The molecule has 4 aromatic rings. The molecule has 0 aliphatic carbocycles. The molecule has 0 fully saturated rings. The third kappa shape index (κ3) is 2.36. The number of ether oxygens (including phenoxy) is 1. The van der Waals surface area contributed by atoms with Gasteiger partial charge in [-0.1, -0.05) is 18.2 Å². The minimum absolute atomic E-state index is 0.0327. The van der Waals surface area contributed by atoms with Crippen LogP contribution in [-0.2, 0) is 0 Å². The quantitative estimate of drug-likeness (QED) is 0.412. The normalized spacial score (nSPS) is 11.0. The molecule has 2 heterocycles. The lowest BCUT2D eigenvalue weighted by Crippen LogP contribution is -2.04. The molecule has 0 radical (unpaired) electrons. The van der Waals surface area contributed by atoms with Gasteiger partial charge in [-0.15, -0.1) is 0 Å². The predicted molar refractivity (Wildman–Crippen MR) is 89.8 cm³/mol. The first-order chi connectivity index (χ1) is 11.6. The van der Waals surface area contributed by atoms with Gasteiger partial charge in [0.05, 0.1) is 5.39 Å². The summed E-state index contributed by atoms with van der Waals surface area (Å²) in [4.78, 5) is 23.8. The van der Waals surface area contributed by atoms with E-state index in [1.807, 2.05) is 13.0 Å². The molecule has 5 nitrogen and oxygen atoms in total. The van der Waals surface area contributed by atoms with E-state index in [0.29, 0.717) is 22.3 Å². The lowest BCUT2D eigenvalue weighted by Gasteiger charge is -2.07. The fraction of sp³-hybridized carbons (Fsp3) is 0.0526. The van der Waals surface area contributed by atoms with Crippen LogP contribution in [0.1, 0.15) is 5.56 Å². The van der Waals surface area contributed by atoms with Crippen molar-refractivity contribution in [1.82, 2.24) is 0 Å². The Balaban J connectivity index is 1.99. The summed E-state index contributed by atoms with van der Waals surface area (Å²) < 4.78 is 16.2. The summed E-state index contributed by atoms with van der Waals surface area (Å²) in [5, 5.41) is 1.29. The van der Waals surface area contributed by atoms with Crippen molar-refractivity contribution in [2.75, 3.05) is 0 Å². The Morgan fingerprint density at radius 2 is 1.67 bits per heavy atom. The highest BCUT2D eigenvalue weighted by Crippen LogP contribution is 2.29. The van der Waals surface area contributed by atoms with E-state index in [1.54, 1.807) is 42.5 Å². The number of hydrogen-bond donors (Lipinski definition) is 0. The minimum Gasteiger partial charge on any atom is -0.450 e. The first-order valence-corrected chi connectivity index (χ1v) is 7.36. The smallest absolute Gasteiger partial charge is 0.379 e. The number of hydrogen-bond acceptors (Lipinski definition) is 5. The Morgan fingerprint density at radius 1 is 0.875 bits per heavy atom. The largest absolute Gasteiger partial charge is 0.450 e. The van der Waals surface area contributed by atoms with Crippen molar-refractivity contribution in [3.05, 3.63) is 81.0 Å². The zero-order valence-corrected chi connectivity index (χ0v) is 12.7. The van der Waals surface area contributed by atoms with Crippen molar-refractivity contribution in [2.24, 2.45) is 0 Å². The average Bonchev–Trinajstić information content (AvgIpc) is 2.56. The minimum atomic E-state index is -0.597. The van der Waals surface area contributed by atoms with Gasteiger partial charge in [0.25, 0.3) is 0 Å². The highest BCUT2D eigenvalue weighted by atomic mass is 16.5. The molecular weight excluding hydrogens is 308 g/mol. The first-order valence-electron chi connectivity index (χ1n) is 7.36. The standard InChI is InChI=1S/C19H12O5/c1-11-9-17(20)24-18-13(11)7-8-15-14(18)10-16(19(21)23-15)22-12-5-3-2-4-6-12/h2-10H,1H3. The topological polar surface area (TPSA) is 69.7 Å². The van der Waals surface area contributed by atoms with Crippen molar-refractivity contribution >= 4 is 21.9 Å². The summed E-state index contributed by atoms with van der Waals surface area (Å²) in [6.07, 6.45) is 0. The van der Waals surface area contributed by atoms with Crippen LogP contribution in [0.3, 0.4) is 0 Å². The van der Waals surface area contributed by atoms with Crippen LogP contribution < -0.4 is 16.0 Å². The lowest BCUT2D eigenvalue weighted by molar-refractivity contribution is 0.437. The Kier molecular flexibility index (Phi) is 3.20. The Morgan fingerprint density at radius 3 is 2.46 bits per heavy atom. The third-order valence-corrected chi connectivity index (χ3v) is 3.77. The van der Waals surface area contributed by atoms with Crippen molar-refractivity contribution in [3.63, 3.8) is 0 Å². The summed E-state index contributed by atoms with van der Waals surface area (Å²) in [7, 11) is 0. The molecule has 0 saturated heterocycles. The zero-order chi connectivity index (χ0) is 16.7. The second-order valence-electron chi connectivity index (χ2n) is 5.42. The maximum absolute atomic E-state index is 12.1. The SMILES string of the molecule is Cc1cc(=O)oc2c1ccc1oc(=O)c(Oc3ccccc3)cc12.